The molecule has 1 heterocycles. The second-order valence-corrected chi connectivity index (χ2v) is 7.59. The summed E-state index contributed by atoms with van der Waals surface area (Å²) in [6.45, 7) is 7.60. The number of halogens is 1. The lowest BCUT2D eigenvalue weighted by molar-refractivity contribution is 0.00702. The van der Waals surface area contributed by atoms with Crippen molar-refractivity contribution in [2.45, 2.75) is 33.3 Å². The van der Waals surface area contributed by atoms with Gasteiger partial charge in [-0.05, 0) is 61.8 Å². The van der Waals surface area contributed by atoms with Gasteiger partial charge in [-0.25, -0.2) is 4.79 Å². The fourth-order valence-corrected chi connectivity index (χ4v) is 3.15. The van der Waals surface area contributed by atoms with Gasteiger partial charge in [0.25, 0.3) is 0 Å². The van der Waals surface area contributed by atoms with Crippen molar-refractivity contribution in [3.8, 4) is 11.3 Å². The highest BCUT2D eigenvalue weighted by molar-refractivity contribution is 9.10. The van der Waals surface area contributed by atoms with Crippen LogP contribution in [0.5, 0.6) is 0 Å². The van der Waals surface area contributed by atoms with Gasteiger partial charge < -0.3 is 9.15 Å². The lowest BCUT2D eigenvalue weighted by Crippen LogP contribution is -2.24. The Morgan fingerprint density at radius 2 is 1.83 bits per heavy atom. The Morgan fingerprint density at radius 1 is 1.12 bits per heavy atom. The van der Waals surface area contributed by atoms with Gasteiger partial charge in [-0.2, -0.15) is 0 Å². The van der Waals surface area contributed by atoms with Crippen molar-refractivity contribution < 1.29 is 13.9 Å². The highest BCUT2D eigenvalue weighted by atomic mass is 79.9. The zero-order valence-corrected chi connectivity index (χ0v) is 15.7. The number of carbonyl (C=O) groups excluding carboxylic acids is 1. The predicted octanol–water partition coefficient (Wildman–Crippen LogP) is 6.13. The predicted molar refractivity (Wildman–Crippen MR) is 99.3 cm³/mol. The summed E-state index contributed by atoms with van der Waals surface area (Å²) in [6.07, 6.45) is 0. The maximum absolute atomic E-state index is 12.6. The van der Waals surface area contributed by atoms with Crippen LogP contribution in [0.25, 0.3) is 22.3 Å². The third-order valence-electron chi connectivity index (χ3n) is 3.57. The van der Waals surface area contributed by atoms with Crippen LogP contribution in [0.2, 0.25) is 0 Å². The van der Waals surface area contributed by atoms with Crippen molar-refractivity contribution in [1.29, 1.82) is 0 Å². The first-order valence-corrected chi connectivity index (χ1v) is 8.57. The van der Waals surface area contributed by atoms with E-state index in [0.717, 1.165) is 21.0 Å². The molecule has 0 aliphatic rings. The molecule has 0 bridgehead atoms. The molecule has 2 aromatic carbocycles. The fraction of sp³-hybridized carbons (Fsp3) is 0.250. The van der Waals surface area contributed by atoms with E-state index >= 15 is 0 Å². The van der Waals surface area contributed by atoms with Crippen molar-refractivity contribution in [2.75, 3.05) is 0 Å². The molecule has 3 rings (SSSR count). The van der Waals surface area contributed by atoms with Crippen molar-refractivity contribution in [3.05, 3.63) is 58.1 Å². The Morgan fingerprint density at radius 3 is 2.54 bits per heavy atom. The maximum atomic E-state index is 12.6. The minimum atomic E-state index is -0.549. The molecule has 0 unspecified atom stereocenters. The van der Waals surface area contributed by atoms with Crippen molar-refractivity contribution >= 4 is 32.9 Å². The lowest BCUT2D eigenvalue weighted by Gasteiger charge is -2.20. The number of aryl methyl sites for hydroxylation is 1. The summed E-state index contributed by atoms with van der Waals surface area (Å²) in [5, 5.41) is 0.990. The Labute approximate surface area is 149 Å². The zero-order chi connectivity index (χ0) is 17.5. The van der Waals surface area contributed by atoms with E-state index in [1.54, 1.807) is 6.07 Å². The number of carbonyl (C=O) groups is 1. The summed E-state index contributed by atoms with van der Waals surface area (Å²) in [7, 11) is 0. The molecule has 0 aliphatic heterocycles. The summed E-state index contributed by atoms with van der Waals surface area (Å²) in [4.78, 5) is 12.6. The Balaban J connectivity index is 2.14. The quantitative estimate of drug-likeness (QED) is 0.497. The van der Waals surface area contributed by atoms with Gasteiger partial charge in [-0.15, -0.1) is 0 Å². The van der Waals surface area contributed by atoms with Crippen LogP contribution in [0.1, 0.15) is 36.7 Å². The average molecular weight is 387 g/mol. The van der Waals surface area contributed by atoms with Gasteiger partial charge in [-0.1, -0.05) is 29.8 Å². The van der Waals surface area contributed by atoms with E-state index in [2.05, 4.69) is 22.0 Å². The summed E-state index contributed by atoms with van der Waals surface area (Å²) in [6, 6.07) is 13.3. The first kappa shape index (κ1) is 16.8. The van der Waals surface area contributed by atoms with Crippen LogP contribution >= 0.6 is 15.9 Å². The van der Waals surface area contributed by atoms with E-state index < -0.39 is 5.60 Å². The van der Waals surface area contributed by atoms with Crippen LogP contribution in [0.3, 0.4) is 0 Å². The molecular formula is C20H19BrO3. The number of hydrogen-bond acceptors (Lipinski definition) is 3. The lowest BCUT2D eigenvalue weighted by atomic mass is 10.0. The first-order chi connectivity index (χ1) is 11.3. The van der Waals surface area contributed by atoms with E-state index in [4.69, 9.17) is 9.15 Å². The Bertz CT molecular complexity index is 916. The standard InChI is InChI=1S/C20H19BrO3/c1-12-9-10-16-15(11-12)17(21)18(23-16)13-7-5-6-8-14(13)19(22)24-20(2,3)4/h5-11H,1-4H3. The Kier molecular flexibility index (Phi) is 4.26. The average Bonchev–Trinajstić information content (AvgIpc) is 2.82. The summed E-state index contributed by atoms with van der Waals surface area (Å²) >= 11 is 3.62. The van der Waals surface area contributed by atoms with Crippen LogP contribution in [-0.4, -0.2) is 11.6 Å². The molecule has 3 nitrogen and oxygen atoms in total. The molecule has 0 fully saturated rings. The first-order valence-electron chi connectivity index (χ1n) is 7.77. The fourth-order valence-electron chi connectivity index (χ4n) is 2.55. The number of rotatable bonds is 2. The second kappa shape index (κ2) is 6.10. The van der Waals surface area contributed by atoms with E-state index in [0.29, 0.717) is 16.9 Å². The van der Waals surface area contributed by atoms with Gasteiger partial charge in [0, 0.05) is 10.9 Å². The van der Waals surface area contributed by atoms with E-state index in [1.807, 2.05) is 58.0 Å². The number of hydrogen-bond donors (Lipinski definition) is 0. The molecule has 4 heteroatoms. The topological polar surface area (TPSA) is 39.4 Å². The van der Waals surface area contributed by atoms with Gasteiger partial charge in [0.15, 0.2) is 0 Å². The number of fused-ring (bicyclic) bond motifs is 1. The molecule has 0 N–H and O–H groups in total. The SMILES string of the molecule is Cc1ccc2oc(-c3ccccc3C(=O)OC(C)(C)C)c(Br)c2c1. The zero-order valence-electron chi connectivity index (χ0n) is 14.1. The van der Waals surface area contributed by atoms with Gasteiger partial charge in [-0.3, -0.25) is 0 Å². The largest absolute Gasteiger partial charge is 0.456 e. The van der Waals surface area contributed by atoms with Crippen molar-refractivity contribution in [3.63, 3.8) is 0 Å². The van der Waals surface area contributed by atoms with Crippen molar-refractivity contribution in [2.24, 2.45) is 0 Å². The monoisotopic (exact) mass is 386 g/mol. The van der Waals surface area contributed by atoms with Crippen molar-refractivity contribution in [1.82, 2.24) is 0 Å². The number of ether oxygens (including phenoxy) is 1. The summed E-state index contributed by atoms with van der Waals surface area (Å²) < 4.78 is 12.4. The minimum absolute atomic E-state index is 0.360. The number of esters is 1. The van der Waals surface area contributed by atoms with Gasteiger partial charge >= 0.3 is 5.97 Å². The number of benzene rings is 2. The summed E-state index contributed by atoms with van der Waals surface area (Å²) in [5.41, 5.74) is 2.58. The van der Waals surface area contributed by atoms with Crippen LogP contribution < -0.4 is 0 Å². The molecule has 124 valence electrons. The molecule has 3 aromatic rings. The molecule has 0 radical (unpaired) electrons. The van der Waals surface area contributed by atoms with Crippen LogP contribution in [0.15, 0.2) is 51.4 Å². The molecule has 0 aliphatic carbocycles. The van der Waals surface area contributed by atoms with Gasteiger partial charge in [0.05, 0.1) is 10.0 Å². The van der Waals surface area contributed by atoms with E-state index in [9.17, 15) is 4.79 Å². The normalized spacial score (nSPS) is 11.7. The van der Waals surface area contributed by atoms with E-state index in [1.165, 1.54) is 0 Å². The smallest absolute Gasteiger partial charge is 0.339 e. The molecule has 0 saturated carbocycles. The van der Waals surface area contributed by atoms with E-state index in [-0.39, 0.29) is 5.97 Å². The van der Waals surface area contributed by atoms with Gasteiger partial charge in [0.2, 0.25) is 0 Å². The minimum Gasteiger partial charge on any atom is -0.456 e. The summed E-state index contributed by atoms with van der Waals surface area (Å²) in [5.74, 6) is 0.277. The molecule has 1 aromatic heterocycles. The Hall–Kier alpha value is -2.07. The molecule has 0 saturated heterocycles. The molecule has 24 heavy (non-hydrogen) atoms. The van der Waals surface area contributed by atoms with Crippen LogP contribution in [0, 0.1) is 6.92 Å². The molecular weight excluding hydrogens is 368 g/mol. The molecule has 0 amide bonds. The molecule has 0 atom stereocenters. The third kappa shape index (κ3) is 3.24. The van der Waals surface area contributed by atoms with Crippen LogP contribution in [0.4, 0.5) is 0 Å². The highest BCUT2D eigenvalue weighted by Gasteiger charge is 2.23. The van der Waals surface area contributed by atoms with Crippen LogP contribution in [-0.2, 0) is 4.74 Å². The maximum Gasteiger partial charge on any atom is 0.339 e. The molecule has 0 spiro atoms. The highest BCUT2D eigenvalue weighted by Crippen LogP contribution is 2.39. The second-order valence-electron chi connectivity index (χ2n) is 6.79. The van der Waals surface area contributed by atoms with Gasteiger partial charge in [0.1, 0.15) is 16.9 Å². The number of furan rings is 1. The third-order valence-corrected chi connectivity index (χ3v) is 4.36.